The Kier molecular flexibility index (Phi) is 6.83. The van der Waals surface area contributed by atoms with E-state index in [1.165, 1.54) is 12.1 Å². The van der Waals surface area contributed by atoms with Crippen LogP contribution in [0.1, 0.15) is 58.9 Å². The highest BCUT2D eigenvalue weighted by molar-refractivity contribution is 6.04. The van der Waals surface area contributed by atoms with Gasteiger partial charge in [0, 0.05) is 41.4 Å². The van der Waals surface area contributed by atoms with E-state index in [1.54, 1.807) is 19.1 Å². The number of hydrogen-bond acceptors (Lipinski definition) is 7. The number of hydrogen-bond donors (Lipinski definition) is 1. The maximum absolute atomic E-state index is 13.2. The molecule has 1 aliphatic carbocycles. The second-order valence-corrected chi connectivity index (χ2v) is 9.33. The van der Waals surface area contributed by atoms with Crippen molar-refractivity contribution in [3.63, 3.8) is 0 Å². The average molecular weight is 443 g/mol. The summed E-state index contributed by atoms with van der Waals surface area (Å²) in [5, 5.41) is 14.4. The molecule has 1 aliphatic heterocycles. The zero-order valence-electron chi connectivity index (χ0n) is 19.2. The van der Waals surface area contributed by atoms with Gasteiger partial charge in [0.1, 0.15) is 6.61 Å². The summed E-state index contributed by atoms with van der Waals surface area (Å²) in [4.78, 5) is 36.9. The highest BCUT2D eigenvalue weighted by atomic mass is 16.6. The topological polar surface area (TPSA) is 108 Å². The van der Waals surface area contributed by atoms with Gasteiger partial charge in [-0.05, 0) is 38.2 Å². The van der Waals surface area contributed by atoms with Crippen LogP contribution in [0.3, 0.4) is 0 Å². The standard InChI is InChI=1S/C24H30N2O6/c1-14(2)31-10-11-32-23(28)20-15(3)25-18-12-24(4,5)13-19(27)22(18)21(20)16-6-8-17(9-7-16)26(29)30/h6-9,14,21,25H,10-13H2,1-5H3. The summed E-state index contributed by atoms with van der Waals surface area (Å²) in [5.41, 5.74) is 2.68. The number of carbonyl (C=O) groups is 2. The van der Waals surface area contributed by atoms with Crippen LogP contribution < -0.4 is 5.32 Å². The normalized spacial score (nSPS) is 20.2. The number of nitrogens with zero attached hydrogens (tertiary/aromatic N) is 1. The van der Waals surface area contributed by atoms with Crippen LogP contribution in [0.5, 0.6) is 0 Å². The highest BCUT2D eigenvalue weighted by Crippen LogP contribution is 2.46. The van der Waals surface area contributed by atoms with Crippen molar-refractivity contribution < 1.29 is 24.0 Å². The molecule has 2 aliphatic rings. The Morgan fingerprint density at radius 2 is 1.88 bits per heavy atom. The zero-order chi connectivity index (χ0) is 23.6. The molecule has 32 heavy (non-hydrogen) atoms. The Morgan fingerprint density at radius 1 is 1.22 bits per heavy atom. The third-order valence-electron chi connectivity index (χ3n) is 5.66. The lowest BCUT2D eigenvalue weighted by Crippen LogP contribution is -2.38. The fourth-order valence-corrected chi connectivity index (χ4v) is 4.32. The van der Waals surface area contributed by atoms with E-state index in [4.69, 9.17) is 9.47 Å². The van der Waals surface area contributed by atoms with Crippen LogP contribution in [0.25, 0.3) is 0 Å². The lowest BCUT2D eigenvalue weighted by atomic mass is 9.68. The Balaban J connectivity index is 2.00. The molecule has 8 heteroatoms. The third kappa shape index (κ3) is 5.07. The molecule has 1 atom stereocenters. The predicted octanol–water partition coefficient (Wildman–Crippen LogP) is 4.17. The molecule has 0 saturated heterocycles. The molecule has 0 saturated carbocycles. The monoisotopic (exact) mass is 442 g/mol. The van der Waals surface area contributed by atoms with Crippen molar-refractivity contribution in [3.8, 4) is 0 Å². The summed E-state index contributed by atoms with van der Waals surface area (Å²) in [6, 6.07) is 6.00. The van der Waals surface area contributed by atoms with Gasteiger partial charge in [-0.2, -0.15) is 0 Å². The molecule has 0 bridgehead atoms. The number of dihydropyridines is 1. The predicted molar refractivity (Wildman–Crippen MR) is 119 cm³/mol. The van der Waals surface area contributed by atoms with Crippen LogP contribution in [0.4, 0.5) is 5.69 Å². The van der Waals surface area contributed by atoms with Crippen LogP contribution in [0.2, 0.25) is 0 Å². The maximum Gasteiger partial charge on any atom is 0.336 e. The number of benzene rings is 1. The molecule has 1 unspecified atom stereocenters. The quantitative estimate of drug-likeness (QED) is 0.292. The molecule has 172 valence electrons. The molecule has 3 rings (SSSR count). The largest absolute Gasteiger partial charge is 0.460 e. The van der Waals surface area contributed by atoms with E-state index in [2.05, 4.69) is 5.32 Å². The van der Waals surface area contributed by atoms with Gasteiger partial charge in [-0.3, -0.25) is 14.9 Å². The zero-order valence-corrected chi connectivity index (χ0v) is 19.2. The summed E-state index contributed by atoms with van der Waals surface area (Å²) < 4.78 is 10.9. The van der Waals surface area contributed by atoms with Crippen molar-refractivity contribution in [2.75, 3.05) is 13.2 Å². The minimum absolute atomic E-state index is 0.0230. The molecular formula is C24H30N2O6. The number of nitro groups is 1. The lowest BCUT2D eigenvalue weighted by molar-refractivity contribution is -0.384. The molecule has 0 amide bonds. The molecule has 1 heterocycles. The second-order valence-electron chi connectivity index (χ2n) is 9.33. The first-order valence-electron chi connectivity index (χ1n) is 10.8. The molecule has 0 fully saturated rings. The number of ether oxygens (including phenoxy) is 2. The first kappa shape index (κ1) is 23.7. The van der Waals surface area contributed by atoms with E-state index in [9.17, 15) is 19.7 Å². The molecule has 1 aromatic rings. The number of non-ortho nitro benzene ring substituents is 1. The van der Waals surface area contributed by atoms with Crippen LogP contribution >= 0.6 is 0 Å². The average Bonchev–Trinajstić information content (AvgIpc) is 2.69. The lowest BCUT2D eigenvalue weighted by Gasteiger charge is -2.39. The van der Waals surface area contributed by atoms with Crippen molar-refractivity contribution in [2.24, 2.45) is 5.41 Å². The summed E-state index contributed by atoms with van der Waals surface area (Å²) in [6.45, 7) is 10.0. The van der Waals surface area contributed by atoms with Crippen molar-refractivity contribution in [2.45, 2.75) is 59.5 Å². The Bertz CT molecular complexity index is 988. The number of nitrogens with one attached hydrogen (secondary N) is 1. The summed E-state index contributed by atoms with van der Waals surface area (Å²) in [7, 11) is 0. The Hall–Kier alpha value is -3.00. The van der Waals surface area contributed by atoms with Gasteiger partial charge >= 0.3 is 5.97 Å². The molecule has 8 nitrogen and oxygen atoms in total. The number of nitro benzene ring substituents is 1. The summed E-state index contributed by atoms with van der Waals surface area (Å²) in [6.07, 6.45) is 1.05. The molecule has 0 radical (unpaired) electrons. The van der Waals surface area contributed by atoms with Crippen LogP contribution in [0, 0.1) is 15.5 Å². The van der Waals surface area contributed by atoms with Gasteiger partial charge in [0.05, 0.1) is 23.2 Å². The van der Waals surface area contributed by atoms with Crippen molar-refractivity contribution in [1.82, 2.24) is 5.32 Å². The van der Waals surface area contributed by atoms with E-state index < -0.39 is 16.8 Å². The van der Waals surface area contributed by atoms with Gasteiger partial charge in [-0.1, -0.05) is 26.0 Å². The molecule has 0 spiro atoms. The maximum atomic E-state index is 13.2. The van der Waals surface area contributed by atoms with Gasteiger partial charge in [0.15, 0.2) is 5.78 Å². The first-order chi connectivity index (χ1) is 15.0. The number of esters is 1. The second kappa shape index (κ2) is 9.24. The number of allylic oxidation sites excluding steroid dienone is 3. The Labute approximate surface area is 187 Å². The SMILES string of the molecule is CC1=C(C(=O)OCCOC(C)C)C(c2ccc([N+](=O)[O-])cc2)C2=C(CC(C)(C)CC2=O)N1. The van der Waals surface area contributed by atoms with Gasteiger partial charge in [0.25, 0.3) is 5.69 Å². The smallest absolute Gasteiger partial charge is 0.336 e. The molecule has 0 aromatic heterocycles. The fourth-order valence-electron chi connectivity index (χ4n) is 4.32. The number of rotatable bonds is 7. The van der Waals surface area contributed by atoms with Crippen molar-refractivity contribution in [3.05, 3.63) is 62.5 Å². The van der Waals surface area contributed by atoms with Crippen LogP contribution in [-0.2, 0) is 19.1 Å². The number of ketones is 1. The Morgan fingerprint density at radius 3 is 2.47 bits per heavy atom. The number of Topliss-reactive ketones (excluding diaryl/α,β-unsaturated/α-hetero) is 1. The van der Waals surface area contributed by atoms with E-state index in [0.717, 1.165) is 5.70 Å². The fraction of sp³-hybridized carbons (Fsp3) is 0.500. The van der Waals surface area contributed by atoms with E-state index >= 15 is 0 Å². The molecular weight excluding hydrogens is 412 g/mol. The van der Waals surface area contributed by atoms with Gasteiger partial charge in [-0.15, -0.1) is 0 Å². The van der Waals surface area contributed by atoms with E-state index in [0.29, 0.717) is 35.2 Å². The molecule has 1 N–H and O–H groups in total. The van der Waals surface area contributed by atoms with Crippen molar-refractivity contribution in [1.29, 1.82) is 0 Å². The summed E-state index contributed by atoms with van der Waals surface area (Å²) >= 11 is 0. The van der Waals surface area contributed by atoms with Gasteiger partial charge in [-0.25, -0.2) is 4.79 Å². The number of carbonyl (C=O) groups excluding carboxylic acids is 2. The van der Waals surface area contributed by atoms with E-state index in [1.807, 2.05) is 27.7 Å². The summed E-state index contributed by atoms with van der Waals surface area (Å²) in [5.74, 6) is -1.21. The highest BCUT2D eigenvalue weighted by Gasteiger charge is 2.43. The van der Waals surface area contributed by atoms with E-state index in [-0.39, 0.29) is 36.2 Å². The van der Waals surface area contributed by atoms with Crippen LogP contribution in [-0.4, -0.2) is 36.0 Å². The third-order valence-corrected chi connectivity index (χ3v) is 5.66. The van der Waals surface area contributed by atoms with Crippen LogP contribution in [0.15, 0.2) is 46.8 Å². The van der Waals surface area contributed by atoms with Gasteiger partial charge < -0.3 is 14.8 Å². The molecule has 1 aromatic carbocycles. The van der Waals surface area contributed by atoms with Gasteiger partial charge in [0.2, 0.25) is 0 Å². The minimum atomic E-state index is -0.644. The minimum Gasteiger partial charge on any atom is -0.460 e. The van der Waals surface area contributed by atoms with Crippen molar-refractivity contribution >= 4 is 17.4 Å². The first-order valence-corrected chi connectivity index (χ1v) is 10.8.